The molecule has 1 atom stereocenters. The highest BCUT2D eigenvalue weighted by Crippen LogP contribution is 2.34. The summed E-state index contributed by atoms with van der Waals surface area (Å²) in [5.74, 6) is 1.33. The van der Waals surface area contributed by atoms with Crippen molar-refractivity contribution in [3.63, 3.8) is 0 Å². The fourth-order valence-corrected chi connectivity index (χ4v) is 2.32. The third-order valence-corrected chi connectivity index (χ3v) is 3.96. The predicted octanol–water partition coefficient (Wildman–Crippen LogP) is 5.57. The smallest absolute Gasteiger partial charge is 0.141 e. The summed E-state index contributed by atoms with van der Waals surface area (Å²) in [4.78, 5) is 0. The summed E-state index contributed by atoms with van der Waals surface area (Å²) in [6.07, 6.45) is 0. The zero-order chi connectivity index (χ0) is 14.0. The van der Waals surface area contributed by atoms with E-state index in [1.54, 1.807) is 18.2 Å². The van der Waals surface area contributed by atoms with Crippen molar-refractivity contribution in [3.05, 3.63) is 56.5 Å². The van der Waals surface area contributed by atoms with Crippen LogP contribution in [0.25, 0.3) is 0 Å². The number of ether oxygens (including phenoxy) is 1. The van der Waals surface area contributed by atoms with Crippen molar-refractivity contribution in [1.29, 1.82) is 0 Å². The van der Waals surface area contributed by atoms with Crippen LogP contribution < -0.4 is 10.5 Å². The molecular formula is C14H12BrCl2NO. The first-order chi connectivity index (χ1) is 8.97. The van der Waals surface area contributed by atoms with Crippen LogP contribution in [-0.2, 0) is 0 Å². The van der Waals surface area contributed by atoms with E-state index >= 15 is 0 Å². The minimum atomic E-state index is -0.0182. The maximum Gasteiger partial charge on any atom is 0.141 e. The van der Waals surface area contributed by atoms with Crippen LogP contribution in [0, 0.1) is 0 Å². The second-order valence-electron chi connectivity index (χ2n) is 4.16. The molecule has 0 saturated heterocycles. The molecule has 5 heteroatoms. The van der Waals surface area contributed by atoms with Crippen LogP contribution in [0.4, 0.5) is 0 Å². The van der Waals surface area contributed by atoms with Crippen molar-refractivity contribution in [2.75, 3.05) is 0 Å². The SMILES string of the molecule is C[C@H](N)c1ccc(Oc2ccc(Cl)c(Cl)c2)c(Br)c1. The standard InChI is InChI=1S/C14H12BrCl2NO/c1-8(18)9-2-5-14(11(15)6-9)19-10-3-4-12(16)13(17)7-10/h2-8H,18H2,1H3/t8-/m0/s1. The van der Waals surface area contributed by atoms with Crippen molar-refractivity contribution in [3.8, 4) is 11.5 Å². The molecule has 0 aliphatic carbocycles. The van der Waals surface area contributed by atoms with Crippen LogP contribution in [0.2, 0.25) is 10.0 Å². The van der Waals surface area contributed by atoms with Crippen LogP contribution in [0.1, 0.15) is 18.5 Å². The molecule has 0 aliphatic rings. The molecule has 0 spiro atoms. The van der Waals surface area contributed by atoms with Crippen molar-refractivity contribution in [2.24, 2.45) is 5.73 Å². The normalized spacial score (nSPS) is 12.3. The maximum atomic E-state index is 5.95. The molecule has 0 amide bonds. The summed E-state index contributed by atoms with van der Waals surface area (Å²) in [7, 11) is 0. The Morgan fingerprint density at radius 1 is 1.11 bits per heavy atom. The molecular weight excluding hydrogens is 349 g/mol. The lowest BCUT2D eigenvalue weighted by Gasteiger charge is -2.11. The van der Waals surface area contributed by atoms with Gasteiger partial charge in [0.15, 0.2) is 0 Å². The van der Waals surface area contributed by atoms with Gasteiger partial charge in [0.05, 0.1) is 14.5 Å². The zero-order valence-corrected chi connectivity index (χ0v) is 13.3. The Bertz CT molecular complexity index is 602. The second kappa shape index (κ2) is 6.14. The molecule has 19 heavy (non-hydrogen) atoms. The Labute approximate surface area is 130 Å². The number of benzene rings is 2. The Morgan fingerprint density at radius 2 is 1.84 bits per heavy atom. The first kappa shape index (κ1) is 14.7. The molecule has 100 valence electrons. The van der Waals surface area contributed by atoms with Gasteiger partial charge in [-0.1, -0.05) is 29.3 Å². The summed E-state index contributed by atoms with van der Waals surface area (Å²) < 4.78 is 6.59. The lowest BCUT2D eigenvalue weighted by atomic mass is 10.1. The number of hydrogen-bond acceptors (Lipinski definition) is 2. The molecule has 0 fully saturated rings. The third kappa shape index (κ3) is 3.63. The molecule has 0 bridgehead atoms. The molecule has 2 rings (SSSR count). The average Bonchev–Trinajstić information content (AvgIpc) is 2.36. The molecule has 2 N–H and O–H groups in total. The largest absolute Gasteiger partial charge is 0.456 e. The number of rotatable bonds is 3. The van der Waals surface area contributed by atoms with Gasteiger partial charge < -0.3 is 10.5 Å². The van der Waals surface area contributed by atoms with E-state index in [-0.39, 0.29) is 6.04 Å². The maximum absolute atomic E-state index is 5.95. The minimum Gasteiger partial charge on any atom is -0.456 e. The molecule has 0 radical (unpaired) electrons. The van der Waals surface area contributed by atoms with E-state index in [0.29, 0.717) is 21.5 Å². The van der Waals surface area contributed by atoms with Gasteiger partial charge >= 0.3 is 0 Å². The Hall–Kier alpha value is -0.740. The summed E-state index contributed by atoms with van der Waals surface area (Å²) in [5.41, 5.74) is 6.86. The first-order valence-corrected chi connectivity index (χ1v) is 7.20. The van der Waals surface area contributed by atoms with Gasteiger partial charge in [0.2, 0.25) is 0 Å². The van der Waals surface area contributed by atoms with Gasteiger partial charge in [-0.25, -0.2) is 0 Å². The number of nitrogens with two attached hydrogens (primary N) is 1. The van der Waals surface area contributed by atoms with E-state index in [9.17, 15) is 0 Å². The summed E-state index contributed by atoms with van der Waals surface area (Å²) in [5, 5.41) is 0.961. The van der Waals surface area contributed by atoms with Crippen LogP contribution in [0.3, 0.4) is 0 Å². The summed E-state index contributed by atoms with van der Waals surface area (Å²) in [6, 6.07) is 10.9. The Kier molecular flexibility index (Phi) is 4.74. The van der Waals surface area contributed by atoms with Gasteiger partial charge in [0.25, 0.3) is 0 Å². The fourth-order valence-electron chi connectivity index (χ4n) is 1.55. The quantitative estimate of drug-likeness (QED) is 0.776. The van der Waals surface area contributed by atoms with Gasteiger partial charge in [0.1, 0.15) is 11.5 Å². The van der Waals surface area contributed by atoms with Crippen molar-refractivity contribution >= 4 is 39.1 Å². The van der Waals surface area contributed by atoms with E-state index < -0.39 is 0 Å². The lowest BCUT2D eigenvalue weighted by molar-refractivity contribution is 0.479. The van der Waals surface area contributed by atoms with Crippen LogP contribution in [0.15, 0.2) is 40.9 Å². The summed E-state index contributed by atoms with van der Waals surface area (Å²) >= 11 is 15.3. The molecule has 2 aromatic rings. The van der Waals surface area contributed by atoms with E-state index in [2.05, 4.69) is 15.9 Å². The monoisotopic (exact) mass is 359 g/mol. The van der Waals surface area contributed by atoms with Crippen molar-refractivity contribution in [1.82, 2.24) is 0 Å². The van der Waals surface area contributed by atoms with E-state index in [1.165, 1.54) is 0 Å². The van der Waals surface area contributed by atoms with Crippen LogP contribution >= 0.6 is 39.1 Å². The topological polar surface area (TPSA) is 35.2 Å². The highest BCUT2D eigenvalue weighted by atomic mass is 79.9. The molecule has 0 saturated carbocycles. The first-order valence-electron chi connectivity index (χ1n) is 5.65. The molecule has 0 aliphatic heterocycles. The molecule has 2 aromatic carbocycles. The molecule has 2 nitrogen and oxygen atoms in total. The van der Waals surface area contributed by atoms with Crippen LogP contribution in [-0.4, -0.2) is 0 Å². The predicted molar refractivity (Wildman–Crippen MR) is 83.3 cm³/mol. The summed E-state index contributed by atoms with van der Waals surface area (Å²) in [6.45, 7) is 1.93. The Balaban J connectivity index is 2.25. The third-order valence-electron chi connectivity index (χ3n) is 2.60. The van der Waals surface area contributed by atoms with Gasteiger partial charge in [-0.05, 0) is 52.7 Å². The lowest BCUT2D eigenvalue weighted by Crippen LogP contribution is -2.04. The molecule has 0 aromatic heterocycles. The number of halogens is 3. The zero-order valence-electron chi connectivity index (χ0n) is 10.2. The molecule has 0 unspecified atom stereocenters. The fraction of sp³-hybridized carbons (Fsp3) is 0.143. The Morgan fingerprint density at radius 3 is 2.42 bits per heavy atom. The van der Waals surface area contributed by atoms with Gasteiger partial charge in [-0.2, -0.15) is 0 Å². The van der Waals surface area contributed by atoms with E-state index in [0.717, 1.165) is 10.0 Å². The highest BCUT2D eigenvalue weighted by molar-refractivity contribution is 9.10. The van der Waals surface area contributed by atoms with Gasteiger partial charge in [-0.3, -0.25) is 0 Å². The highest BCUT2D eigenvalue weighted by Gasteiger charge is 2.07. The minimum absolute atomic E-state index is 0.0182. The molecule has 0 heterocycles. The van der Waals surface area contributed by atoms with Crippen molar-refractivity contribution in [2.45, 2.75) is 13.0 Å². The van der Waals surface area contributed by atoms with Gasteiger partial charge in [-0.15, -0.1) is 0 Å². The number of hydrogen-bond donors (Lipinski definition) is 1. The van der Waals surface area contributed by atoms with Gasteiger partial charge in [0, 0.05) is 12.1 Å². The van der Waals surface area contributed by atoms with E-state index in [1.807, 2.05) is 25.1 Å². The van der Waals surface area contributed by atoms with E-state index in [4.69, 9.17) is 33.7 Å². The average molecular weight is 361 g/mol. The van der Waals surface area contributed by atoms with Crippen molar-refractivity contribution < 1.29 is 4.74 Å². The second-order valence-corrected chi connectivity index (χ2v) is 5.83. The van der Waals surface area contributed by atoms with Crippen LogP contribution in [0.5, 0.6) is 11.5 Å².